The lowest BCUT2D eigenvalue weighted by Crippen LogP contribution is -2.45. The Balaban J connectivity index is 0.000000712. The second-order valence-electron chi connectivity index (χ2n) is 6.22. The zero-order valence-electron chi connectivity index (χ0n) is 18.8. The van der Waals surface area contributed by atoms with Crippen molar-refractivity contribution >= 4 is 19.5 Å². The van der Waals surface area contributed by atoms with Crippen LogP contribution in [-0.4, -0.2) is 41.5 Å². The molecule has 1 aromatic rings. The van der Waals surface area contributed by atoms with E-state index in [0.29, 0.717) is 13.0 Å². The largest absolute Gasteiger partial charge is 0.327 e. The van der Waals surface area contributed by atoms with Crippen molar-refractivity contribution < 1.29 is 23.6 Å². The first-order valence-electron chi connectivity index (χ1n) is 10.1. The van der Waals surface area contributed by atoms with Crippen molar-refractivity contribution in [3.05, 3.63) is 60.2 Å². The predicted octanol–water partition coefficient (Wildman–Crippen LogP) is 4.84. The lowest BCUT2D eigenvalue weighted by molar-refractivity contribution is -0.130. The lowest BCUT2D eigenvalue weighted by atomic mass is 9.82. The van der Waals surface area contributed by atoms with Gasteiger partial charge >= 0.3 is 13.6 Å². The van der Waals surface area contributed by atoms with Gasteiger partial charge in [-0.05, 0) is 31.4 Å². The van der Waals surface area contributed by atoms with Crippen LogP contribution in [0.25, 0.3) is 0 Å². The average Bonchev–Trinajstić information content (AvgIpc) is 3.01. The molecule has 7 nitrogen and oxygen atoms in total. The molecule has 2 unspecified atom stereocenters. The third-order valence-corrected chi connectivity index (χ3v) is 5.96. The molecule has 0 bridgehead atoms. The summed E-state index contributed by atoms with van der Waals surface area (Å²) in [6.07, 6.45) is 4.31. The smallest absolute Gasteiger partial charge is 0.324 e. The first kappa shape index (κ1) is 27.8. The molecule has 2 rings (SSSR count). The molecule has 3 amide bonds. The third kappa shape index (κ3) is 6.66. The number of nitrogens with zero attached hydrogens (tertiary/aromatic N) is 1. The lowest BCUT2D eigenvalue weighted by Gasteiger charge is -2.28. The van der Waals surface area contributed by atoms with Crippen LogP contribution in [-0.2, 0) is 19.4 Å². The predicted molar refractivity (Wildman–Crippen MR) is 121 cm³/mol. The maximum atomic E-state index is 12.8. The molecule has 0 radical (unpaired) electrons. The standard InChI is InChI=1S/C16H18N2O2.C4H11O3P.C2H6/c1-4-9-12(3)16(13-10-7-6-8-11-13)14(19)18(5-2)15(20)17-16;1-3-4-8(5,6)7-2;1-2/h4,6-11H,1,5H2,2-3H3,(H,17,20);3-4H2,1-2H3,(H,5,6);1-2H3/b12-9+;;. The van der Waals surface area contributed by atoms with Gasteiger partial charge in [0, 0.05) is 19.8 Å². The Hall–Kier alpha value is -2.21. The summed E-state index contributed by atoms with van der Waals surface area (Å²) in [5.41, 5.74) is 0.376. The van der Waals surface area contributed by atoms with Crippen molar-refractivity contribution in [3.8, 4) is 0 Å². The summed E-state index contributed by atoms with van der Waals surface area (Å²) in [6.45, 7) is 13.5. The molecule has 1 saturated heterocycles. The van der Waals surface area contributed by atoms with E-state index in [4.69, 9.17) is 4.89 Å². The van der Waals surface area contributed by atoms with Crippen molar-refractivity contribution in [2.24, 2.45) is 0 Å². The average molecular weight is 439 g/mol. The summed E-state index contributed by atoms with van der Waals surface area (Å²) in [4.78, 5) is 34.7. The molecule has 2 N–H and O–H groups in total. The molecule has 168 valence electrons. The van der Waals surface area contributed by atoms with E-state index in [0.717, 1.165) is 11.1 Å². The fourth-order valence-corrected chi connectivity index (χ4v) is 3.67. The molecule has 1 fully saturated rings. The van der Waals surface area contributed by atoms with E-state index in [1.165, 1.54) is 12.0 Å². The quantitative estimate of drug-likeness (QED) is 0.361. The number of carbonyl (C=O) groups is 2. The number of allylic oxidation sites excluding steroid dienone is 2. The van der Waals surface area contributed by atoms with Gasteiger partial charge in [-0.25, -0.2) is 4.79 Å². The van der Waals surface area contributed by atoms with E-state index < -0.39 is 13.1 Å². The molecule has 1 aromatic carbocycles. The molecule has 1 aliphatic heterocycles. The highest BCUT2D eigenvalue weighted by molar-refractivity contribution is 7.52. The van der Waals surface area contributed by atoms with Gasteiger partial charge in [0.25, 0.3) is 5.91 Å². The van der Waals surface area contributed by atoms with Crippen LogP contribution >= 0.6 is 7.60 Å². The summed E-state index contributed by atoms with van der Waals surface area (Å²) >= 11 is 0. The molecule has 2 atom stereocenters. The minimum Gasteiger partial charge on any atom is -0.324 e. The highest BCUT2D eigenvalue weighted by Crippen LogP contribution is 2.40. The van der Waals surface area contributed by atoms with Crippen molar-refractivity contribution in [3.63, 3.8) is 0 Å². The van der Waals surface area contributed by atoms with E-state index in [-0.39, 0.29) is 18.1 Å². The molecular weight excluding hydrogens is 403 g/mol. The molecule has 30 heavy (non-hydrogen) atoms. The van der Waals surface area contributed by atoms with Crippen molar-refractivity contribution in [2.75, 3.05) is 19.8 Å². The van der Waals surface area contributed by atoms with Gasteiger partial charge in [-0.2, -0.15) is 0 Å². The molecule has 0 aliphatic carbocycles. The van der Waals surface area contributed by atoms with Crippen molar-refractivity contribution in [1.29, 1.82) is 0 Å². The van der Waals surface area contributed by atoms with Crippen LogP contribution in [0, 0.1) is 0 Å². The van der Waals surface area contributed by atoms with Crippen LogP contribution in [0.15, 0.2) is 54.6 Å². The third-order valence-electron chi connectivity index (χ3n) is 4.38. The molecule has 1 aliphatic rings. The van der Waals surface area contributed by atoms with Gasteiger partial charge in [0.15, 0.2) is 5.54 Å². The van der Waals surface area contributed by atoms with Crippen LogP contribution in [0.2, 0.25) is 0 Å². The van der Waals surface area contributed by atoms with Crippen molar-refractivity contribution in [2.45, 2.75) is 46.6 Å². The highest BCUT2D eigenvalue weighted by Gasteiger charge is 2.52. The van der Waals surface area contributed by atoms with E-state index in [9.17, 15) is 14.2 Å². The summed E-state index contributed by atoms with van der Waals surface area (Å²) in [7, 11) is -1.93. The van der Waals surface area contributed by atoms with Gasteiger partial charge in [-0.3, -0.25) is 14.3 Å². The topological polar surface area (TPSA) is 95.9 Å². The molecule has 8 heteroatoms. The van der Waals surface area contributed by atoms with E-state index >= 15 is 0 Å². The fraction of sp³-hybridized carbons (Fsp3) is 0.455. The van der Waals surface area contributed by atoms with Gasteiger partial charge in [-0.1, -0.05) is 69.8 Å². The Morgan fingerprint density at radius 1 is 1.27 bits per heavy atom. The SMILES string of the molecule is C=C/C=C(\C)C1(c2ccccc2)NC(=O)N(CC)C1=O.CC.CCCP(=O)(O)OC. The number of nitrogens with one attached hydrogen (secondary N) is 1. The Labute approximate surface area is 180 Å². The van der Waals surface area contributed by atoms with E-state index in [1.54, 1.807) is 19.1 Å². The number of carbonyl (C=O) groups excluding carboxylic acids is 2. The summed E-state index contributed by atoms with van der Waals surface area (Å²) in [6, 6.07) is 8.91. The van der Waals surface area contributed by atoms with Crippen LogP contribution in [0.1, 0.15) is 46.6 Å². The van der Waals surface area contributed by atoms with Gasteiger partial charge in [0.1, 0.15) is 0 Å². The maximum Gasteiger partial charge on any atom is 0.327 e. The van der Waals surface area contributed by atoms with Crippen molar-refractivity contribution in [1.82, 2.24) is 10.2 Å². The molecule has 0 spiro atoms. The van der Waals surface area contributed by atoms with E-state index in [2.05, 4.69) is 16.4 Å². The maximum absolute atomic E-state index is 12.8. The zero-order chi connectivity index (χ0) is 23.4. The number of benzene rings is 1. The minimum absolute atomic E-state index is 0.244. The van der Waals surface area contributed by atoms with Crippen LogP contribution < -0.4 is 5.32 Å². The number of imide groups is 1. The Morgan fingerprint density at radius 2 is 1.83 bits per heavy atom. The summed E-state index contributed by atoms with van der Waals surface area (Å²) < 4.78 is 14.8. The zero-order valence-corrected chi connectivity index (χ0v) is 19.7. The number of amides is 3. The normalized spacial score (nSPS) is 20.2. The molecular formula is C22H35N2O5P. The highest BCUT2D eigenvalue weighted by atomic mass is 31.2. The van der Waals surface area contributed by atoms with Gasteiger partial charge in [0.05, 0.1) is 0 Å². The molecule has 0 saturated carbocycles. The monoisotopic (exact) mass is 438 g/mol. The second kappa shape index (κ2) is 13.2. The Kier molecular flexibility index (Phi) is 12.2. The van der Waals surface area contributed by atoms with Gasteiger partial charge in [-0.15, -0.1) is 0 Å². The number of urea groups is 1. The fourth-order valence-electron chi connectivity index (χ4n) is 2.92. The number of hydrogen-bond acceptors (Lipinski definition) is 4. The summed E-state index contributed by atoms with van der Waals surface area (Å²) in [5.74, 6) is -0.244. The first-order valence-corrected chi connectivity index (χ1v) is 11.8. The van der Waals surface area contributed by atoms with Crippen LogP contribution in [0.5, 0.6) is 0 Å². The second-order valence-corrected chi connectivity index (χ2v) is 8.31. The Bertz CT molecular complexity index is 779. The number of hydrogen-bond donors (Lipinski definition) is 2. The summed E-state index contributed by atoms with van der Waals surface area (Å²) in [5, 5.41) is 2.84. The molecule has 1 heterocycles. The van der Waals surface area contributed by atoms with Gasteiger partial charge in [0.2, 0.25) is 0 Å². The van der Waals surface area contributed by atoms with Gasteiger partial charge < -0.3 is 14.7 Å². The number of rotatable bonds is 7. The van der Waals surface area contributed by atoms with E-state index in [1.807, 2.05) is 58.0 Å². The van der Waals surface area contributed by atoms with Crippen LogP contribution in [0.3, 0.4) is 0 Å². The number of likely N-dealkylation sites (N-methyl/N-ethyl adjacent to an activating group) is 1. The minimum atomic E-state index is -3.17. The molecule has 0 aromatic heterocycles. The Morgan fingerprint density at radius 3 is 2.20 bits per heavy atom. The first-order chi connectivity index (χ1) is 14.2. The van der Waals surface area contributed by atoms with Crippen LogP contribution in [0.4, 0.5) is 4.79 Å².